The Morgan fingerprint density at radius 3 is 2.55 bits per heavy atom. The highest BCUT2D eigenvalue weighted by Gasteiger charge is 2.39. The van der Waals surface area contributed by atoms with Crippen LogP contribution < -0.4 is 10.6 Å². The van der Waals surface area contributed by atoms with Gasteiger partial charge in [0.25, 0.3) is 0 Å². The molecular formula is C25H32N4O2. The van der Waals surface area contributed by atoms with E-state index in [1.165, 1.54) is 29.2 Å². The molecule has 2 saturated carbocycles. The summed E-state index contributed by atoms with van der Waals surface area (Å²) in [5, 5.41) is 8.37. The fraction of sp³-hybridized carbons (Fsp3) is 0.520. The van der Waals surface area contributed by atoms with Gasteiger partial charge in [0, 0.05) is 32.7 Å². The molecule has 6 nitrogen and oxygen atoms in total. The molecule has 1 heterocycles. The maximum atomic E-state index is 13.2. The molecule has 31 heavy (non-hydrogen) atoms. The predicted octanol–water partition coefficient (Wildman–Crippen LogP) is 4.20. The molecule has 0 aromatic heterocycles. The van der Waals surface area contributed by atoms with Gasteiger partial charge in [-0.25, -0.2) is 9.59 Å². The molecule has 1 atom stereocenters. The first kappa shape index (κ1) is 20.2. The van der Waals surface area contributed by atoms with Gasteiger partial charge in [-0.3, -0.25) is 0 Å². The van der Waals surface area contributed by atoms with Gasteiger partial charge in [0.1, 0.15) is 0 Å². The standard InChI is InChI=1S/C25H32N4O2/c1-26-24(30)28-12-2-3-23(16-28)29(22-10-11-22)25(31)27-15-17-4-5-19-8-9-20(18-6-7-18)14-21(19)13-17/h4-5,8-9,13-14,18,22-23H,2-3,6-7,10-12,15-16H2,1H3,(H,26,30)(H,27,31)/t23-/m1/s1. The van der Waals surface area contributed by atoms with Crippen LogP contribution in [-0.4, -0.2) is 54.1 Å². The van der Waals surface area contributed by atoms with Gasteiger partial charge in [-0.1, -0.05) is 30.3 Å². The Kier molecular flexibility index (Phi) is 5.47. The lowest BCUT2D eigenvalue weighted by Gasteiger charge is -2.39. The number of urea groups is 2. The minimum Gasteiger partial charge on any atom is -0.341 e. The van der Waals surface area contributed by atoms with Crippen LogP contribution in [0.25, 0.3) is 10.8 Å². The van der Waals surface area contributed by atoms with E-state index in [1.54, 1.807) is 7.05 Å². The van der Waals surface area contributed by atoms with E-state index in [0.29, 0.717) is 19.1 Å². The zero-order valence-corrected chi connectivity index (χ0v) is 18.3. The number of hydrogen-bond acceptors (Lipinski definition) is 2. The molecule has 5 rings (SSSR count). The van der Waals surface area contributed by atoms with Crippen molar-refractivity contribution in [3.63, 3.8) is 0 Å². The first-order chi connectivity index (χ1) is 15.1. The Balaban J connectivity index is 1.25. The van der Waals surface area contributed by atoms with E-state index in [-0.39, 0.29) is 18.1 Å². The van der Waals surface area contributed by atoms with E-state index < -0.39 is 0 Å². The number of nitrogens with zero attached hydrogens (tertiary/aromatic N) is 2. The van der Waals surface area contributed by atoms with Crippen LogP contribution in [0.2, 0.25) is 0 Å². The van der Waals surface area contributed by atoms with Crippen LogP contribution in [0.15, 0.2) is 36.4 Å². The summed E-state index contributed by atoms with van der Waals surface area (Å²) in [7, 11) is 1.66. The Bertz CT molecular complexity index is 983. The molecule has 0 bridgehead atoms. The van der Waals surface area contributed by atoms with Crippen LogP contribution in [0.4, 0.5) is 9.59 Å². The summed E-state index contributed by atoms with van der Waals surface area (Å²) in [4.78, 5) is 29.1. The third kappa shape index (κ3) is 4.48. The predicted molar refractivity (Wildman–Crippen MR) is 122 cm³/mol. The van der Waals surface area contributed by atoms with Gasteiger partial charge in [-0.2, -0.15) is 0 Å². The van der Waals surface area contributed by atoms with Gasteiger partial charge in [0.15, 0.2) is 0 Å². The number of hydrogen-bond donors (Lipinski definition) is 2. The number of carbonyl (C=O) groups excluding carboxylic acids is 2. The highest BCUT2D eigenvalue weighted by Crippen LogP contribution is 2.41. The molecule has 2 aromatic carbocycles. The second-order valence-corrected chi connectivity index (χ2v) is 9.31. The number of fused-ring (bicyclic) bond motifs is 1. The summed E-state index contributed by atoms with van der Waals surface area (Å²) in [5.74, 6) is 0.740. The molecule has 0 radical (unpaired) electrons. The van der Waals surface area contributed by atoms with Crippen LogP contribution in [0, 0.1) is 0 Å². The molecule has 0 spiro atoms. The molecule has 3 fully saturated rings. The minimum absolute atomic E-state index is 0.00177. The summed E-state index contributed by atoms with van der Waals surface area (Å²) in [6.07, 6.45) is 6.61. The molecule has 3 aliphatic rings. The van der Waals surface area contributed by atoms with Gasteiger partial charge in [-0.15, -0.1) is 0 Å². The topological polar surface area (TPSA) is 64.7 Å². The number of carbonyl (C=O) groups is 2. The van der Waals surface area contributed by atoms with Crippen molar-refractivity contribution in [2.75, 3.05) is 20.1 Å². The Morgan fingerprint density at radius 1 is 1.00 bits per heavy atom. The van der Waals surface area contributed by atoms with Crippen molar-refractivity contribution in [3.05, 3.63) is 47.5 Å². The number of piperidine rings is 1. The summed E-state index contributed by atoms with van der Waals surface area (Å²) in [5.41, 5.74) is 2.56. The Hall–Kier alpha value is -2.76. The highest BCUT2D eigenvalue weighted by atomic mass is 16.2. The van der Waals surface area contributed by atoms with Crippen LogP contribution in [-0.2, 0) is 6.54 Å². The lowest BCUT2D eigenvalue weighted by Crippen LogP contribution is -2.56. The van der Waals surface area contributed by atoms with Crippen LogP contribution >= 0.6 is 0 Å². The smallest absolute Gasteiger partial charge is 0.318 e. The second kappa shape index (κ2) is 8.40. The summed E-state index contributed by atoms with van der Waals surface area (Å²) >= 11 is 0. The lowest BCUT2D eigenvalue weighted by atomic mass is 10.0. The number of rotatable bonds is 5. The fourth-order valence-electron chi connectivity index (χ4n) is 4.87. The van der Waals surface area contributed by atoms with Gasteiger partial charge in [0.2, 0.25) is 0 Å². The Morgan fingerprint density at radius 2 is 1.81 bits per heavy atom. The van der Waals surface area contributed by atoms with Crippen molar-refractivity contribution in [2.24, 2.45) is 0 Å². The monoisotopic (exact) mass is 420 g/mol. The maximum Gasteiger partial charge on any atom is 0.318 e. The van der Waals surface area contributed by atoms with Crippen molar-refractivity contribution >= 4 is 22.8 Å². The van der Waals surface area contributed by atoms with Crippen LogP contribution in [0.5, 0.6) is 0 Å². The second-order valence-electron chi connectivity index (χ2n) is 9.31. The number of amides is 4. The fourth-order valence-corrected chi connectivity index (χ4v) is 4.87. The van der Waals surface area contributed by atoms with Crippen molar-refractivity contribution in [2.45, 2.75) is 63.1 Å². The number of nitrogens with one attached hydrogen (secondary N) is 2. The third-order valence-electron chi connectivity index (χ3n) is 6.89. The van der Waals surface area contributed by atoms with Crippen molar-refractivity contribution in [3.8, 4) is 0 Å². The average Bonchev–Trinajstić information content (AvgIpc) is 3.70. The molecular weight excluding hydrogens is 388 g/mol. The van der Waals surface area contributed by atoms with Gasteiger partial charge < -0.3 is 20.4 Å². The zero-order valence-electron chi connectivity index (χ0n) is 18.3. The minimum atomic E-state index is -0.0532. The van der Waals surface area contributed by atoms with Crippen LogP contribution in [0.1, 0.15) is 55.6 Å². The molecule has 6 heteroatoms. The van der Waals surface area contributed by atoms with Crippen molar-refractivity contribution in [1.82, 2.24) is 20.4 Å². The van der Waals surface area contributed by atoms with Gasteiger partial charge in [-0.05, 0) is 72.4 Å². The first-order valence-corrected chi connectivity index (χ1v) is 11.7. The van der Waals surface area contributed by atoms with E-state index in [0.717, 1.165) is 43.7 Å². The molecule has 2 aliphatic carbocycles. The van der Waals surface area contributed by atoms with E-state index >= 15 is 0 Å². The normalized spacial score (nSPS) is 21.1. The molecule has 2 aromatic rings. The SMILES string of the molecule is CNC(=O)N1CCC[C@@H](N(C(=O)NCc2ccc3ccc(C4CC4)cc3c2)C2CC2)C1. The molecule has 0 unspecified atom stereocenters. The average molecular weight is 421 g/mol. The van der Waals surface area contributed by atoms with E-state index in [1.807, 2.05) is 9.80 Å². The summed E-state index contributed by atoms with van der Waals surface area (Å²) in [6.45, 7) is 1.90. The maximum absolute atomic E-state index is 13.2. The summed E-state index contributed by atoms with van der Waals surface area (Å²) < 4.78 is 0. The van der Waals surface area contributed by atoms with Crippen LogP contribution in [0.3, 0.4) is 0 Å². The zero-order chi connectivity index (χ0) is 21.4. The highest BCUT2D eigenvalue weighted by molar-refractivity contribution is 5.84. The number of likely N-dealkylation sites (tertiary alicyclic amines) is 1. The third-order valence-corrected chi connectivity index (χ3v) is 6.89. The van der Waals surface area contributed by atoms with E-state index in [9.17, 15) is 9.59 Å². The largest absolute Gasteiger partial charge is 0.341 e. The van der Waals surface area contributed by atoms with Gasteiger partial charge >= 0.3 is 12.1 Å². The van der Waals surface area contributed by atoms with Crippen molar-refractivity contribution in [1.29, 1.82) is 0 Å². The quantitative estimate of drug-likeness (QED) is 0.762. The molecule has 164 valence electrons. The van der Waals surface area contributed by atoms with E-state index in [4.69, 9.17) is 0 Å². The van der Waals surface area contributed by atoms with E-state index in [2.05, 4.69) is 47.0 Å². The molecule has 1 aliphatic heterocycles. The molecule has 2 N–H and O–H groups in total. The molecule has 1 saturated heterocycles. The first-order valence-electron chi connectivity index (χ1n) is 11.7. The van der Waals surface area contributed by atoms with Crippen molar-refractivity contribution < 1.29 is 9.59 Å². The number of benzene rings is 2. The molecule has 4 amide bonds. The summed E-state index contributed by atoms with van der Waals surface area (Å²) in [6, 6.07) is 13.6. The Labute approximate surface area is 184 Å². The lowest BCUT2D eigenvalue weighted by molar-refractivity contribution is 0.116. The van der Waals surface area contributed by atoms with Gasteiger partial charge in [0.05, 0.1) is 6.04 Å².